The third kappa shape index (κ3) is 4.15. The van der Waals surface area contributed by atoms with Crippen LogP contribution in [-0.2, 0) is 11.3 Å². The molecular weight excluding hydrogens is 340 g/mol. The van der Waals surface area contributed by atoms with Crippen molar-refractivity contribution >= 4 is 23.1 Å². The summed E-state index contributed by atoms with van der Waals surface area (Å²) in [6.07, 6.45) is 0. The number of hydrogen-bond donors (Lipinski definition) is 1. The van der Waals surface area contributed by atoms with Crippen molar-refractivity contribution in [2.45, 2.75) is 13.5 Å². The van der Waals surface area contributed by atoms with Crippen LogP contribution in [0.3, 0.4) is 0 Å². The SMILES string of the molecule is CNc1ccc(C(=O)OCc2cc(C(C)=O)ccc2OC)cc1[N+](=O)[O-]. The molecule has 0 unspecified atom stereocenters. The van der Waals surface area contributed by atoms with Gasteiger partial charge in [0.25, 0.3) is 5.69 Å². The van der Waals surface area contributed by atoms with E-state index in [4.69, 9.17) is 9.47 Å². The number of Topliss-reactive ketones (excluding diaryl/α,β-unsaturated/α-hetero) is 1. The van der Waals surface area contributed by atoms with E-state index in [0.29, 0.717) is 22.6 Å². The minimum Gasteiger partial charge on any atom is -0.496 e. The molecule has 2 aromatic rings. The van der Waals surface area contributed by atoms with Gasteiger partial charge in [-0.05, 0) is 37.3 Å². The molecule has 0 aliphatic rings. The molecule has 0 radical (unpaired) electrons. The van der Waals surface area contributed by atoms with Crippen molar-refractivity contribution in [1.82, 2.24) is 0 Å². The lowest BCUT2D eigenvalue weighted by molar-refractivity contribution is -0.384. The zero-order chi connectivity index (χ0) is 19.3. The van der Waals surface area contributed by atoms with Crippen LogP contribution in [0.15, 0.2) is 36.4 Å². The van der Waals surface area contributed by atoms with E-state index in [0.717, 1.165) is 6.07 Å². The Kier molecular flexibility index (Phi) is 5.90. The molecule has 0 saturated carbocycles. The summed E-state index contributed by atoms with van der Waals surface area (Å²) in [5.74, 6) is -0.371. The van der Waals surface area contributed by atoms with E-state index >= 15 is 0 Å². The van der Waals surface area contributed by atoms with Crippen LogP contribution in [0.25, 0.3) is 0 Å². The Morgan fingerprint density at radius 2 is 1.85 bits per heavy atom. The third-order valence-corrected chi connectivity index (χ3v) is 3.75. The van der Waals surface area contributed by atoms with Gasteiger partial charge in [0.05, 0.1) is 17.6 Å². The van der Waals surface area contributed by atoms with Gasteiger partial charge in [-0.25, -0.2) is 4.79 Å². The number of nitro groups is 1. The van der Waals surface area contributed by atoms with Crippen LogP contribution in [0.1, 0.15) is 33.2 Å². The molecule has 0 fully saturated rings. The van der Waals surface area contributed by atoms with Crippen LogP contribution in [-0.4, -0.2) is 30.8 Å². The second kappa shape index (κ2) is 8.11. The molecule has 26 heavy (non-hydrogen) atoms. The fourth-order valence-electron chi connectivity index (χ4n) is 2.36. The minimum absolute atomic E-state index is 0.0531. The molecule has 2 aromatic carbocycles. The van der Waals surface area contributed by atoms with E-state index in [2.05, 4.69) is 5.32 Å². The maximum atomic E-state index is 12.2. The molecule has 0 aromatic heterocycles. The zero-order valence-electron chi connectivity index (χ0n) is 14.6. The van der Waals surface area contributed by atoms with E-state index in [1.165, 1.54) is 26.2 Å². The second-order valence-corrected chi connectivity index (χ2v) is 5.40. The van der Waals surface area contributed by atoms with Gasteiger partial charge in [-0.15, -0.1) is 0 Å². The number of carbonyl (C=O) groups excluding carboxylic acids is 2. The van der Waals surface area contributed by atoms with Crippen molar-refractivity contribution < 1.29 is 24.0 Å². The van der Waals surface area contributed by atoms with Gasteiger partial charge in [0.1, 0.15) is 18.0 Å². The summed E-state index contributed by atoms with van der Waals surface area (Å²) in [5, 5.41) is 13.8. The predicted molar refractivity (Wildman–Crippen MR) is 94.8 cm³/mol. The highest BCUT2D eigenvalue weighted by molar-refractivity contribution is 5.94. The summed E-state index contributed by atoms with van der Waals surface area (Å²) >= 11 is 0. The van der Waals surface area contributed by atoms with Crippen molar-refractivity contribution in [3.05, 3.63) is 63.2 Å². The van der Waals surface area contributed by atoms with Gasteiger partial charge in [-0.3, -0.25) is 14.9 Å². The number of esters is 1. The number of rotatable bonds is 7. The summed E-state index contributed by atoms with van der Waals surface area (Å²) in [6, 6.07) is 8.84. The van der Waals surface area contributed by atoms with Gasteiger partial charge < -0.3 is 14.8 Å². The normalized spacial score (nSPS) is 10.1. The number of anilines is 1. The number of nitrogens with one attached hydrogen (secondary N) is 1. The topological polar surface area (TPSA) is 108 Å². The predicted octanol–water partition coefficient (Wildman–Crippen LogP) is 3.20. The fraction of sp³-hybridized carbons (Fsp3) is 0.222. The van der Waals surface area contributed by atoms with Gasteiger partial charge in [0, 0.05) is 24.2 Å². The molecule has 0 aliphatic carbocycles. The average Bonchev–Trinajstić information content (AvgIpc) is 2.64. The lowest BCUT2D eigenvalue weighted by atomic mass is 10.1. The molecule has 0 heterocycles. The molecule has 136 valence electrons. The Hall–Kier alpha value is -3.42. The highest BCUT2D eigenvalue weighted by Gasteiger charge is 2.18. The molecule has 0 spiro atoms. The van der Waals surface area contributed by atoms with Gasteiger partial charge in [0.15, 0.2) is 5.78 Å². The number of ether oxygens (including phenoxy) is 2. The summed E-state index contributed by atoms with van der Waals surface area (Å²) in [4.78, 5) is 34.2. The molecule has 8 nitrogen and oxygen atoms in total. The number of nitrogens with zero attached hydrogens (tertiary/aromatic N) is 1. The van der Waals surface area contributed by atoms with E-state index < -0.39 is 10.9 Å². The minimum atomic E-state index is -0.717. The zero-order valence-corrected chi connectivity index (χ0v) is 14.6. The van der Waals surface area contributed by atoms with Crippen LogP contribution in [0, 0.1) is 10.1 Å². The van der Waals surface area contributed by atoms with E-state index in [9.17, 15) is 19.7 Å². The van der Waals surface area contributed by atoms with Crippen molar-refractivity contribution in [3.8, 4) is 5.75 Å². The molecular formula is C18H18N2O6. The number of nitro benzene ring substituents is 1. The average molecular weight is 358 g/mol. The van der Waals surface area contributed by atoms with Gasteiger partial charge >= 0.3 is 5.97 Å². The van der Waals surface area contributed by atoms with Crippen LogP contribution in [0.4, 0.5) is 11.4 Å². The smallest absolute Gasteiger partial charge is 0.338 e. The lowest BCUT2D eigenvalue weighted by Gasteiger charge is -2.11. The van der Waals surface area contributed by atoms with Gasteiger partial charge in [-0.1, -0.05) is 0 Å². The Morgan fingerprint density at radius 1 is 1.15 bits per heavy atom. The number of benzene rings is 2. The van der Waals surface area contributed by atoms with Crippen LogP contribution >= 0.6 is 0 Å². The van der Waals surface area contributed by atoms with Crippen molar-refractivity contribution in [2.24, 2.45) is 0 Å². The largest absolute Gasteiger partial charge is 0.496 e. The first kappa shape index (κ1) is 18.9. The third-order valence-electron chi connectivity index (χ3n) is 3.75. The Balaban J connectivity index is 2.21. The van der Waals surface area contributed by atoms with Crippen molar-refractivity contribution in [2.75, 3.05) is 19.5 Å². The van der Waals surface area contributed by atoms with Crippen LogP contribution in [0.5, 0.6) is 5.75 Å². The molecule has 8 heteroatoms. The number of methoxy groups -OCH3 is 1. The summed E-state index contributed by atoms with van der Waals surface area (Å²) in [5.41, 5.74) is 1.11. The summed E-state index contributed by atoms with van der Waals surface area (Å²) < 4.78 is 10.4. The molecule has 0 atom stereocenters. The summed E-state index contributed by atoms with van der Waals surface area (Å²) in [7, 11) is 3.02. The maximum absolute atomic E-state index is 12.2. The Labute approximate surface area is 149 Å². The number of hydrogen-bond acceptors (Lipinski definition) is 7. The molecule has 0 saturated heterocycles. The first-order valence-electron chi connectivity index (χ1n) is 7.68. The first-order chi connectivity index (χ1) is 12.4. The first-order valence-corrected chi connectivity index (χ1v) is 7.68. The molecule has 0 aliphatic heterocycles. The standard InChI is InChI=1S/C18H18N2O6/c1-11(21)12-5-7-17(25-3)14(8-12)10-26-18(22)13-4-6-15(19-2)16(9-13)20(23)24/h4-9,19H,10H2,1-3H3. The van der Waals surface area contributed by atoms with Crippen LogP contribution < -0.4 is 10.1 Å². The monoisotopic (exact) mass is 358 g/mol. The Morgan fingerprint density at radius 3 is 2.42 bits per heavy atom. The van der Waals surface area contributed by atoms with E-state index in [1.54, 1.807) is 25.2 Å². The van der Waals surface area contributed by atoms with E-state index in [1.807, 2.05) is 0 Å². The highest BCUT2D eigenvalue weighted by Crippen LogP contribution is 2.26. The molecule has 0 amide bonds. The van der Waals surface area contributed by atoms with E-state index in [-0.39, 0.29) is 23.6 Å². The van der Waals surface area contributed by atoms with Gasteiger partial charge in [0.2, 0.25) is 0 Å². The summed E-state index contributed by atoms with van der Waals surface area (Å²) in [6.45, 7) is 1.30. The highest BCUT2D eigenvalue weighted by atomic mass is 16.6. The number of ketones is 1. The molecule has 2 rings (SSSR count). The fourth-order valence-corrected chi connectivity index (χ4v) is 2.36. The van der Waals surface area contributed by atoms with Crippen molar-refractivity contribution in [1.29, 1.82) is 0 Å². The van der Waals surface area contributed by atoms with Crippen molar-refractivity contribution in [3.63, 3.8) is 0 Å². The quantitative estimate of drug-likeness (QED) is 0.350. The maximum Gasteiger partial charge on any atom is 0.338 e. The molecule has 0 bridgehead atoms. The second-order valence-electron chi connectivity index (χ2n) is 5.40. The number of carbonyl (C=O) groups is 2. The molecule has 1 N–H and O–H groups in total. The van der Waals surface area contributed by atoms with Gasteiger partial charge in [-0.2, -0.15) is 0 Å². The Bertz CT molecular complexity index is 863. The van der Waals surface area contributed by atoms with Crippen LogP contribution in [0.2, 0.25) is 0 Å². The lowest BCUT2D eigenvalue weighted by Crippen LogP contribution is -2.08.